The van der Waals surface area contributed by atoms with E-state index in [0.717, 1.165) is 0 Å². The Bertz CT molecular complexity index is 333. The molecule has 4 nitrogen and oxygen atoms in total. The Kier molecular flexibility index (Phi) is 1.77. The van der Waals surface area contributed by atoms with Crippen LogP contribution in [0.2, 0.25) is 0 Å². The molecule has 0 aliphatic carbocycles. The molecule has 0 spiro atoms. The highest BCUT2D eigenvalue weighted by Gasteiger charge is 2.19. The normalized spacial score (nSPS) is 15.8. The topological polar surface area (TPSA) is 58.9 Å². The van der Waals surface area contributed by atoms with E-state index in [9.17, 15) is 10.2 Å². The second-order valence-electron chi connectivity index (χ2n) is 2.95. The fourth-order valence-electron chi connectivity index (χ4n) is 1.25. The van der Waals surface area contributed by atoms with Gasteiger partial charge in [-0.2, -0.15) is 0 Å². The van der Waals surface area contributed by atoms with Crippen LogP contribution < -0.4 is 9.47 Å². The van der Waals surface area contributed by atoms with Crippen LogP contribution in [0.25, 0.3) is 0 Å². The van der Waals surface area contributed by atoms with Crippen molar-refractivity contribution in [2.75, 3.05) is 6.79 Å². The number of fused-ring (bicyclic) bond motifs is 1. The van der Waals surface area contributed by atoms with Gasteiger partial charge in [-0.1, -0.05) is 0 Å². The molecule has 1 aromatic rings. The second-order valence-corrected chi connectivity index (χ2v) is 2.95. The van der Waals surface area contributed by atoms with Gasteiger partial charge in [0.2, 0.25) is 12.5 Å². The first-order valence-electron chi connectivity index (χ1n) is 3.99. The molecule has 13 heavy (non-hydrogen) atoms. The van der Waals surface area contributed by atoms with Gasteiger partial charge in [-0.25, -0.2) is 0 Å². The summed E-state index contributed by atoms with van der Waals surface area (Å²) < 4.78 is 10.1. The molecule has 1 aliphatic heterocycles. The smallest absolute Gasteiger partial charge is 0.231 e. The lowest BCUT2D eigenvalue weighted by molar-refractivity contribution is 0.171. The van der Waals surface area contributed by atoms with Crippen LogP contribution in [0.4, 0.5) is 0 Å². The van der Waals surface area contributed by atoms with Crippen LogP contribution in [0.3, 0.4) is 0 Å². The summed E-state index contributed by atoms with van der Waals surface area (Å²) in [6, 6.07) is 3.13. The minimum Gasteiger partial charge on any atom is -0.504 e. The van der Waals surface area contributed by atoms with Gasteiger partial charge in [0, 0.05) is 0 Å². The molecule has 0 fully saturated rings. The Balaban J connectivity index is 2.49. The number of aromatic hydroxyl groups is 1. The molecule has 1 aliphatic rings. The summed E-state index contributed by atoms with van der Waals surface area (Å²) in [6.45, 7) is 1.74. The number of aliphatic hydroxyl groups excluding tert-OH is 1. The number of aliphatic hydroxyl groups is 1. The van der Waals surface area contributed by atoms with Gasteiger partial charge in [0.25, 0.3) is 0 Å². The maximum Gasteiger partial charge on any atom is 0.231 e. The van der Waals surface area contributed by atoms with Crippen LogP contribution in [0.1, 0.15) is 18.6 Å². The quantitative estimate of drug-likeness (QED) is 0.684. The highest BCUT2D eigenvalue weighted by atomic mass is 16.7. The maximum absolute atomic E-state index is 9.44. The molecule has 1 unspecified atom stereocenters. The van der Waals surface area contributed by atoms with Crippen LogP contribution in [-0.2, 0) is 0 Å². The molecule has 0 amide bonds. The van der Waals surface area contributed by atoms with E-state index >= 15 is 0 Å². The molecule has 1 atom stereocenters. The number of phenolic OH excluding ortho intramolecular Hbond substituents is 1. The standard InChI is InChI=1S/C9H10O4/c1-5(10)6-2-7(11)9-8(3-6)12-4-13-9/h2-3,5,10-11H,4H2,1H3. The van der Waals surface area contributed by atoms with Gasteiger partial charge in [0.1, 0.15) is 0 Å². The minimum atomic E-state index is -0.625. The van der Waals surface area contributed by atoms with E-state index < -0.39 is 6.10 Å². The molecule has 70 valence electrons. The first kappa shape index (κ1) is 8.19. The fourth-order valence-corrected chi connectivity index (χ4v) is 1.25. The van der Waals surface area contributed by atoms with E-state index in [2.05, 4.69) is 0 Å². The number of rotatable bonds is 1. The van der Waals surface area contributed by atoms with Gasteiger partial charge >= 0.3 is 0 Å². The second kappa shape index (κ2) is 2.81. The largest absolute Gasteiger partial charge is 0.504 e. The zero-order valence-corrected chi connectivity index (χ0v) is 7.15. The van der Waals surface area contributed by atoms with Gasteiger partial charge in [-0.15, -0.1) is 0 Å². The highest BCUT2D eigenvalue weighted by Crippen LogP contribution is 2.42. The number of hydrogen-bond acceptors (Lipinski definition) is 4. The predicted molar refractivity (Wildman–Crippen MR) is 44.9 cm³/mol. The van der Waals surface area contributed by atoms with Crippen molar-refractivity contribution in [3.05, 3.63) is 17.7 Å². The Morgan fingerprint density at radius 1 is 1.38 bits per heavy atom. The van der Waals surface area contributed by atoms with Crippen LogP contribution >= 0.6 is 0 Å². The number of phenols is 1. The third kappa shape index (κ3) is 1.29. The molecule has 0 aromatic heterocycles. The molecule has 1 heterocycles. The monoisotopic (exact) mass is 182 g/mol. The Labute approximate surface area is 75.3 Å². The van der Waals surface area contributed by atoms with Crippen molar-refractivity contribution in [1.29, 1.82) is 0 Å². The van der Waals surface area contributed by atoms with Crippen molar-refractivity contribution in [3.63, 3.8) is 0 Å². The van der Waals surface area contributed by atoms with E-state index in [1.54, 1.807) is 13.0 Å². The number of benzene rings is 1. The summed E-state index contributed by atoms with van der Waals surface area (Å²) in [5, 5.41) is 18.7. The van der Waals surface area contributed by atoms with Crippen molar-refractivity contribution in [3.8, 4) is 17.2 Å². The molecule has 0 bridgehead atoms. The third-order valence-corrected chi connectivity index (χ3v) is 1.96. The van der Waals surface area contributed by atoms with Crippen LogP contribution in [0.15, 0.2) is 12.1 Å². The molecule has 4 heteroatoms. The Morgan fingerprint density at radius 2 is 2.15 bits per heavy atom. The van der Waals surface area contributed by atoms with Crippen LogP contribution in [-0.4, -0.2) is 17.0 Å². The molecule has 0 saturated carbocycles. The summed E-state index contributed by atoms with van der Waals surface area (Å²) in [6.07, 6.45) is -0.625. The molecule has 2 rings (SSSR count). The Hall–Kier alpha value is -1.42. The van der Waals surface area contributed by atoms with Crippen molar-refractivity contribution in [1.82, 2.24) is 0 Å². The molecular weight excluding hydrogens is 172 g/mol. The third-order valence-electron chi connectivity index (χ3n) is 1.96. The molecule has 2 N–H and O–H groups in total. The van der Waals surface area contributed by atoms with Crippen molar-refractivity contribution in [2.24, 2.45) is 0 Å². The zero-order chi connectivity index (χ0) is 9.42. The highest BCUT2D eigenvalue weighted by molar-refractivity contribution is 5.54. The molecule has 0 saturated heterocycles. The van der Waals surface area contributed by atoms with Gasteiger partial charge in [-0.3, -0.25) is 0 Å². The summed E-state index contributed by atoms with van der Waals surface area (Å²) >= 11 is 0. The molecule has 1 aromatic carbocycles. The fraction of sp³-hybridized carbons (Fsp3) is 0.333. The Morgan fingerprint density at radius 3 is 2.85 bits per heavy atom. The summed E-state index contributed by atoms with van der Waals surface area (Å²) in [5.41, 5.74) is 0.613. The maximum atomic E-state index is 9.44. The average molecular weight is 182 g/mol. The zero-order valence-electron chi connectivity index (χ0n) is 7.15. The van der Waals surface area contributed by atoms with Crippen molar-refractivity contribution < 1.29 is 19.7 Å². The van der Waals surface area contributed by atoms with Crippen molar-refractivity contribution >= 4 is 0 Å². The first-order valence-corrected chi connectivity index (χ1v) is 3.99. The molecule has 0 radical (unpaired) electrons. The van der Waals surface area contributed by atoms with E-state index in [4.69, 9.17) is 9.47 Å². The lowest BCUT2D eigenvalue weighted by Gasteiger charge is -2.06. The van der Waals surface area contributed by atoms with Gasteiger partial charge in [0.15, 0.2) is 11.5 Å². The first-order chi connectivity index (χ1) is 6.18. The summed E-state index contributed by atoms with van der Waals surface area (Å²) in [7, 11) is 0. The van der Waals surface area contributed by atoms with Crippen LogP contribution in [0, 0.1) is 0 Å². The van der Waals surface area contributed by atoms with Crippen LogP contribution in [0.5, 0.6) is 17.2 Å². The number of ether oxygens (including phenoxy) is 2. The lowest BCUT2D eigenvalue weighted by Crippen LogP contribution is -1.93. The van der Waals surface area contributed by atoms with E-state index in [0.29, 0.717) is 17.1 Å². The van der Waals surface area contributed by atoms with Gasteiger partial charge in [0.05, 0.1) is 6.10 Å². The van der Waals surface area contributed by atoms with Gasteiger partial charge < -0.3 is 19.7 Å². The SMILES string of the molecule is CC(O)c1cc(O)c2c(c1)OCO2. The van der Waals surface area contributed by atoms with E-state index in [1.165, 1.54) is 6.07 Å². The summed E-state index contributed by atoms with van der Waals surface area (Å²) in [4.78, 5) is 0. The minimum absolute atomic E-state index is 0.00546. The van der Waals surface area contributed by atoms with Gasteiger partial charge in [-0.05, 0) is 24.6 Å². The van der Waals surface area contributed by atoms with E-state index in [-0.39, 0.29) is 12.5 Å². The lowest BCUT2D eigenvalue weighted by atomic mass is 10.1. The van der Waals surface area contributed by atoms with E-state index in [1.807, 2.05) is 0 Å². The number of hydrogen-bond donors (Lipinski definition) is 2. The average Bonchev–Trinajstić information content (AvgIpc) is 2.51. The molecular formula is C9H10O4. The predicted octanol–water partition coefficient (Wildman–Crippen LogP) is 1.17. The van der Waals surface area contributed by atoms with Crippen molar-refractivity contribution in [2.45, 2.75) is 13.0 Å². The summed E-state index contributed by atoms with van der Waals surface area (Å²) in [5.74, 6) is 0.839.